The molecule has 2 saturated carbocycles. The van der Waals surface area contributed by atoms with E-state index in [1.54, 1.807) is 30.3 Å². The van der Waals surface area contributed by atoms with Gasteiger partial charge in [0, 0.05) is 0 Å². The lowest BCUT2D eigenvalue weighted by atomic mass is 9.79. The summed E-state index contributed by atoms with van der Waals surface area (Å²) in [7, 11) is 0. The number of ether oxygens (including phenoxy) is 2. The summed E-state index contributed by atoms with van der Waals surface area (Å²) in [5.74, 6) is -0.331. The van der Waals surface area contributed by atoms with Crippen LogP contribution in [0, 0.1) is 29.3 Å². The Morgan fingerprint density at radius 3 is 2.20 bits per heavy atom. The topological polar surface area (TPSA) is 18.5 Å². The number of hydrogen-bond donors (Lipinski definition) is 0. The predicted octanol–water partition coefficient (Wildman–Crippen LogP) is 8.71. The summed E-state index contributed by atoms with van der Waals surface area (Å²) in [4.78, 5) is 0. The zero-order valence-electron chi connectivity index (χ0n) is 20.7. The molecule has 35 heavy (non-hydrogen) atoms. The maximum absolute atomic E-state index is 14.8. The summed E-state index contributed by atoms with van der Waals surface area (Å²) in [6.45, 7) is 6.64. The Labute approximate surface area is 207 Å². The van der Waals surface area contributed by atoms with Crippen LogP contribution in [-0.2, 0) is 0 Å². The van der Waals surface area contributed by atoms with Crippen LogP contribution >= 0.6 is 0 Å². The van der Waals surface area contributed by atoms with Crippen molar-refractivity contribution in [3.8, 4) is 11.5 Å². The van der Waals surface area contributed by atoms with E-state index in [2.05, 4.69) is 13.5 Å². The first kappa shape index (κ1) is 25.7. The highest BCUT2D eigenvalue weighted by atomic mass is 19.2. The molecule has 2 aromatic carbocycles. The van der Waals surface area contributed by atoms with E-state index in [-0.39, 0.29) is 35.1 Å². The van der Waals surface area contributed by atoms with Gasteiger partial charge in [-0.15, -0.1) is 6.58 Å². The van der Waals surface area contributed by atoms with Crippen LogP contribution in [0.1, 0.15) is 87.7 Å². The lowest BCUT2D eigenvalue weighted by molar-refractivity contribution is 0.192. The molecule has 0 aliphatic heterocycles. The SMILES string of the molecule is C=CCCOc1ccc(C2CCC(COc3ccc(C4CCC(C)CC4)c(F)c3F)CC2)cc1F. The van der Waals surface area contributed by atoms with Gasteiger partial charge in [0.25, 0.3) is 0 Å². The molecule has 0 unspecified atom stereocenters. The van der Waals surface area contributed by atoms with Gasteiger partial charge in [-0.2, -0.15) is 4.39 Å². The first-order valence-corrected chi connectivity index (χ1v) is 13.1. The van der Waals surface area contributed by atoms with Gasteiger partial charge in [0.15, 0.2) is 23.1 Å². The number of halogens is 3. The summed E-state index contributed by atoms with van der Waals surface area (Å²) in [6.07, 6.45) is 10.0. The van der Waals surface area contributed by atoms with Crippen LogP contribution in [0.3, 0.4) is 0 Å². The highest BCUT2D eigenvalue weighted by Gasteiger charge is 2.27. The van der Waals surface area contributed by atoms with E-state index in [1.165, 1.54) is 0 Å². The first-order chi connectivity index (χ1) is 17.0. The van der Waals surface area contributed by atoms with Crippen molar-refractivity contribution in [1.29, 1.82) is 0 Å². The molecule has 0 saturated heterocycles. The van der Waals surface area contributed by atoms with Gasteiger partial charge < -0.3 is 9.47 Å². The molecule has 2 aliphatic rings. The standard InChI is InChI=1S/C30H37F3O2/c1-3-4-17-34-27-15-13-24(18-26(27)31)22-11-7-21(8-12-22)19-35-28-16-14-25(29(32)30(28)33)23-9-5-20(2)6-10-23/h3,13-16,18,20-23H,1,4-12,17,19H2,2H3. The molecule has 0 aromatic heterocycles. The Kier molecular flexibility index (Phi) is 8.80. The third-order valence-electron chi connectivity index (χ3n) is 7.86. The van der Waals surface area contributed by atoms with Crippen LogP contribution in [0.15, 0.2) is 43.0 Å². The molecule has 2 aliphatic carbocycles. The van der Waals surface area contributed by atoms with E-state index in [0.29, 0.717) is 31.1 Å². The number of benzene rings is 2. The second kappa shape index (κ2) is 12.0. The van der Waals surface area contributed by atoms with E-state index < -0.39 is 11.6 Å². The Bertz CT molecular complexity index is 989. The average Bonchev–Trinajstić information content (AvgIpc) is 2.87. The summed E-state index contributed by atoms with van der Waals surface area (Å²) in [5.41, 5.74) is 1.48. The van der Waals surface area contributed by atoms with E-state index in [4.69, 9.17) is 9.47 Å². The summed E-state index contributed by atoms with van der Waals surface area (Å²) < 4.78 is 55.2. The van der Waals surface area contributed by atoms with Crippen molar-refractivity contribution in [2.75, 3.05) is 13.2 Å². The zero-order valence-corrected chi connectivity index (χ0v) is 20.7. The van der Waals surface area contributed by atoms with Gasteiger partial charge in [0.2, 0.25) is 5.82 Å². The van der Waals surface area contributed by atoms with Gasteiger partial charge in [-0.1, -0.05) is 38.0 Å². The Morgan fingerprint density at radius 2 is 1.51 bits per heavy atom. The van der Waals surface area contributed by atoms with Crippen LogP contribution in [0.4, 0.5) is 13.2 Å². The molecule has 0 amide bonds. The molecule has 0 bridgehead atoms. The predicted molar refractivity (Wildman–Crippen MR) is 134 cm³/mol. The fourth-order valence-corrected chi connectivity index (χ4v) is 5.55. The minimum atomic E-state index is -0.860. The molecule has 2 fully saturated rings. The maximum Gasteiger partial charge on any atom is 0.200 e. The largest absolute Gasteiger partial charge is 0.490 e. The lowest BCUT2D eigenvalue weighted by Crippen LogP contribution is -2.20. The van der Waals surface area contributed by atoms with Gasteiger partial charge >= 0.3 is 0 Å². The van der Waals surface area contributed by atoms with Crippen LogP contribution in [-0.4, -0.2) is 13.2 Å². The molecule has 0 heterocycles. The highest BCUT2D eigenvalue weighted by molar-refractivity contribution is 5.34. The maximum atomic E-state index is 14.8. The van der Waals surface area contributed by atoms with Crippen molar-refractivity contribution in [2.24, 2.45) is 11.8 Å². The minimum Gasteiger partial charge on any atom is -0.490 e. The minimum absolute atomic E-state index is 0.00617. The quantitative estimate of drug-likeness (QED) is 0.261. The van der Waals surface area contributed by atoms with Crippen molar-refractivity contribution in [3.05, 3.63) is 71.6 Å². The van der Waals surface area contributed by atoms with E-state index in [0.717, 1.165) is 56.9 Å². The van der Waals surface area contributed by atoms with E-state index in [9.17, 15) is 13.2 Å². The molecule has 2 aromatic rings. The van der Waals surface area contributed by atoms with Crippen molar-refractivity contribution in [1.82, 2.24) is 0 Å². The molecular weight excluding hydrogens is 449 g/mol. The van der Waals surface area contributed by atoms with Crippen molar-refractivity contribution < 1.29 is 22.6 Å². The Hall–Kier alpha value is -2.43. The second-order valence-corrected chi connectivity index (χ2v) is 10.4. The molecule has 2 nitrogen and oxygen atoms in total. The van der Waals surface area contributed by atoms with Crippen LogP contribution in [0.25, 0.3) is 0 Å². The molecule has 190 valence electrons. The fourth-order valence-electron chi connectivity index (χ4n) is 5.55. The van der Waals surface area contributed by atoms with E-state index >= 15 is 0 Å². The van der Waals surface area contributed by atoms with Crippen LogP contribution in [0.5, 0.6) is 11.5 Å². The smallest absolute Gasteiger partial charge is 0.200 e. The van der Waals surface area contributed by atoms with E-state index in [1.807, 2.05) is 6.07 Å². The summed E-state index contributed by atoms with van der Waals surface area (Å²) >= 11 is 0. The molecule has 5 heteroatoms. The number of hydrogen-bond acceptors (Lipinski definition) is 2. The molecule has 0 N–H and O–H groups in total. The van der Waals surface area contributed by atoms with Crippen molar-refractivity contribution in [2.45, 2.75) is 76.5 Å². The molecule has 4 rings (SSSR count). The Balaban J connectivity index is 1.27. The molecular formula is C30H37F3O2. The third-order valence-corrected chi connectivity index (χ3v) is 7.86. The summed E-state index contributed by atoms with van der Waals surface area (Å²) in [5, 5.41) is 0. The van der Waals surface area contributed by atoms with Crippen LogP contribution in [0.2, 0.25) is 0 Å². The zero-order chi connectivity index (χ0) is 24.8. The van der Waals surface area contributed by atoms with Gasteiger partial charge in [-0.25, -0.2) is 8.78 Å². The Morgan fingerprint density at radius 1 is 0.829 bits per heavy atom. The van der Waals surface area contributed by atoms with Crippen molar-refractivity contribution in [3.63, 3.8) is 0 Å². The fraction of sp³-hybridized carbons (Fsp3) is 0.533. The van der Waals surface area contributed by atoms with Gasteiger partial charge in [0.05, 0.1) is 13.2 Å². The number of rotatable bonds is 9. The monoisotopic (exact) mass is 486 g/mol. The van der Waals surface area contributed by atoms with Gasteiger partial charge in [0.1, 0.15) is 0 Å². The van der Waals surface area contributed by atoms with Gasteiger partial charge in [-0.05, 0) is 97.9 Å². The average molecular weight is 487 g/mol. The van der Waals surface area contributed by atoms with Crippen LogP contribution < -0.4 is 9.47 Å². The normalized spacial score (nSPS) is 24.7. The molecule has 0 spiro atoms. The van der Waals surface area contributed by atoms with Gasteiger partial charge in [-0.3, -0.25) is 0 Å². The molecule has 0 atom stereocenters. The molecule has 0 radical (unpaired) electrons. The van der Waals surface area contributed by atoms with Crippen molar-refractivity contribution >= 4 is 0 Å². The lowest BCUT2D eigenvalue weighted by Gasteiger charge is -2.29. The second-order valence-electron chi connectivity index (χ2n) is 10.4. The summed E-state index contributed by atoms with van der Waals surface area (Å²) in [6, 6.07) is 8.54. The first-order valence-electron chi connectivity index (χ1n) is 13.1. The third kappa shape index (κ3) is 6.42. The highest BCUT2D eigenvalue weighted by Crippen LogP contribution is 2.40.